The minimum Gasteiger partial charge on any atom is -0.458 e. The maximum atomic E-state index is 12.4. The fourth-order valence-corrected chi connectivity index (χ4v) is 9.91. The van der Waals surface area contributed by atoms with Crippen LogP contribution < -0.4 is 0 Å². The van der Waals surface area contributed by atoms with Gasteiger partial charge in [0.2, 0.25) is 0 Å². The average molecular weight is 546 g/mol. The van der Waals surface area contributed by atoms with E-state index in [1.807, 2.05) is 0 Å². The summed E-state index contributed by atoms with van der Waals surface area (Å²) < 4.78 is 22.9. The van der Waals surface area contributed by atoms with Gasteiger partial charge in [0.15, 0.2) is 6.29 Å². The first-order valence-corrected chi connectivity index (χ1v) is 14.8. The highest BCUT2D eigenvalue weighted by Crippen LogP contribution is 2.70. The van der Waals surface area contributed by atoms with Crippen LogP contribution in [-0.2, 0) is 23.7 Å². The van der Waals surface area contributed by atoms with Crippen molar-refractivity contribution in [3.05, 3.63) is 11.6 Å². The van der Waals surface area contributed by atoms with Gasteiger partial charge < -0.3 is 34.3 Å². The minimum absolute atomic E-state index is 0.0799. The van der Waals surface area contributed by atoms with Crippen LogP contribution in [0.4, 0.5) is 0 Å². The van der Waals surface area contributed by atoms with Crippen LogP contribution in [0.1, 0.15) is 78.1 Å². The molecule has 4 aliphatic carbocycles. The number of cyclic esters (lactones) is 1. The second kappa shape index (κ2) is 9.50. The molecule has 2 heterocycles. The second-order valence-electron chi connectivity index (χ2n) is 13.4. The Bertz CT molecular complexity index is 1070. The van der Waals surface area contributed by atoms with Gasteiger partial charge in [0.25, 0.3) is 0 Å². The van der Waals surface area contributed by atoms with E-state index in [1.165, 1.54) is 0 Å². The zero-order valence-corrected chi connectivity index (χ0v) is 23.3. The first-order chi connectivity index (χ1) is 18.5. The predicted molar refractivity (Wildman–Crippen MR) is 138 cm³/mol. The first-order valence-electron chi connectivity index (χ1n) is 14.8. The number of esters is 1. The van der Waals surface area contributed by atoms with Crippen LogP contribution in [0.15, 0.2) is 11.6 Å². The molecule has 0 aromatic rings. The minimum atomic E-state index is -1.21. The van der Waals surface area contributed by atoms with Crippen molar-refractivity contribution in [2.24, 2.45) is 28.6 Å². The van der Waals surface area contributed by atoms with E-state index >= 15 is 0 Å². The summed E-state index contributed by atoms with van der Waals surface area (Å²) in [5, 5.41) is 45.6. The number of hydrogen-bond acceptors (Lipinski definition) is 9. The molecule has 5 fully saturated rings. The van der Waals surface area contributed by atoms with Gasteiger partial charge in [-0.2, -0.15) is 5.26 Å². The van der Waals surface area contributed by atoms with Gasteiger partial charge in [0.1, 0.15) is 12.7 Å². The van der Waals surface area contributed by atoms with Crippen molar-refractivity contribution in [2.75, 3.05) is 13.7 Å². The van der Waals surface area contributed by atoms with Crippen LogP contribution >= 0.6 is 0 Å². The van der Waals surface area contributed by atoms with Gasteiger partial charge in [0, 0.05) is 31.4 Å². The SMILES string of the molecule is COC1CC(OC2CC[C@]3(C#N)[C@H]4CC[C@]5(C)[C@H](C6=CC(=O)OC6)CCC5(O)C4CCC3(O)C2)OC(C)C1O. The lowest BCUT2D eigenvalue weighted by Crippen LogP contribution is -2.68. The molecular formula is C30H43NO8. The Morgan fingerprint density at radius 2 is 1.87 bits per heavy atom. The third kappa shape index (κ3) is 3.89. The smallest absolute Gasteiger partial charge is 0.331 e. The van der Waals surface area contributed by atoms with Crippen molar-refractivity contribution in [1.29, 1.82) is 5.26 Å². The lowest BCUT2D eigenvalue weighted by molar-refractivity contribution is -0.286. The van der Waals surface area contributed by atoms with E-state index in [1.54, 1.807) is 20.1 Å². The quantitative estimate of drug-likeness (QED) is 0.359. The molecule has 0 aromatic carbocycles. The molecule has 6 aliphatic rings. The number of nitriles is 1. The number of carbonyl (C=O) groups is 1. The fourth-order valence-electron chi connectivity index (χ4n) is 9.91. The molecule has 9 heteroatoms. The predicted octanol–water partition coefficient (Wildman–Crippen LogP) is 2.76. The normalized spacial score (nSPS) is 53.2. The summed E-state index contributed by atoms with van der Waals surface area (Å²) in [7, 11) is 1.57. The zero-order chi connectivity index (χ0) is 27.8. The van der Waals surface area contributed by atoms with Crippen LogP contribution in [0, 0.1) is 39.9 Å². The van der Waals surface area contributed by atoms with Gasteiger partial charge in [-0.05, 0) is 81.6 Å². The number of rotatable bonds is 4. The number of aliphatic hydroxyl groups excluding tert-OH is 1. The standard InChI is InChI=1S/C30H43NO8/c1-17-26(33)23(36-3)13-25(38-17)39-19-4-9-28(16-31)21-5-8-27(2)20(18-12-24(32)37-15-18)7-11-30(27,35)22(21)6-10-29(28,34)14-19/h12,17,19-23,25-26,33-35H,4-11,13-15H2,1-3H3/t17?,19?,20-,21-,22?,23?,25?,26?,27+,28-,29?,30?/m0/s1. The number of ether oxygens (including phenoxy) is 4. The topological polar surface area (TPSA) is 138 Å². The number of nitrogens with zero attached hydrogens (tertiary/aromatic N) is 1. The fraction of sp³-hybridized carbons (Fsp3) is 0.867. The molecule has 4 saturated carbocycles. The van der Waals surface area contributed by atoms with Crippen molar-refractivity contribution in [3.63, 3.8) is 0 Å². The maximum Gasteiger partial charge on any atom is 0.331 e. The third-order valence-electron chi connectivity index (χ3n) is 12.0. The molecule has 0 spiro atoms. The third-order valence-corrected chi connectivity index (χ3v) is 12.0. The summed E-state index contributed by atoms with van der Waals surface area (Å²) in [6, 6.07) is 2.62. The number of methoxy groups -OCH3 is 1. The summed E-state index contributed by atoms with van der Waals surface area (Å²) in [6.07, 6.45) is 5.21. The largest absolute Gasteiger partial charge is 0.458 e. The van der Waals surface area contributed by atoms with E-state index in [-0.39, 0.29) is 35.9 Å². The van der Waals surface area contributed by atoms with Crippen molar-refractivity contribution in [1.82, 2.24) is 0 Å². The van der Waals surface area contributed by atoms with Gasteiger partial charge in [0.05, 0.1) is 41.0 Å². The van der Waals surface area contributed by atoms with Crippen LogP contribution in [-0.4, -0.2) is 76.9 Å². The molecule has 1 saturated heterocycles. The zero-order valence-electron chi connectivity index (χ0n) is 23.3. The lowest BCUT2D eigenvalue weighted by Gasteiger charge is -2.64. The maximum absolute atomic E-state index is 12.4. The highest BCUT2D eigenvalue weighted by atomic mass is 16.7. The number of aliphatic hydroxyl groups is 3. The Labute approximate surface area is 230 Å². The van der Waals surface area contributed by atoms with Crippen LogP contribution in [0.25, 0.3) is 0 Å². The second-order valence-corrected chi connectivity index (χ2v) is 13.4. The Kier molecular flexibility index (Phi) is 6.73. The molecule has 0 radical (unpaired) electrons. The van der Waals surface area contributed by atoms with Gasteiger partial charge in [-0.15, -0.1) is 0 Å². The summed E-state index contributed by atoms with van der Waals surface area (Å²) >= 11 is 0. The molecule has 9 nitrogen and oxygen atoms in total. The van der Waals surface area contributed by atoms with Crippen molar-refractivity contribution in [2.45, 2.75) is 120 Å². The molecule has 0 amide bonds. The van der Waals surface area contributed by atoms with Crippen LogP contribution in [0.5, 0.6) is 0 Å². The van der Waals surface area contributed by atoms with Crippen LogP contribution in [0.2, 0.25) is 0 Å². The molecule has 3 N–H and O–H groups in total. The Balaban J connectivity index is 1.21. The van der Waals surface area contributed by atoms with E-state index in [0.29, 0.717) is 51.6 Å². The molecule has 2 aliphatic heterocycles. The lowest BCUT2D eigenvalue weighted by atomic mass is 9.41. The highest BCUT2D eigenvalue weighted by Gasteiger charge is 2.72. The van der Waals surface area contributed by atoms with E-state index in [4.69, 9.17) is 18.9 Å². The van der Waals surface area contributed by atoms with Gasteiger partial charge in [-0.1, -0.05) is 6.92 Å². The molecule has 0 bridgehead atoms. The first kappa shape index (κ1) is 27.6. The Hall–Kier alpha value is -1.54. The summed E-state index contributed by atoms with van der Waals surface area (Å²) in [5.74, 6) is -0.396. The molecule has 6 rings (SSSR count). The van der Waals surface area contributed by atoms with E-state index in [0.717, 1.165) is 24.8 Å². The Morgan fingerprint density at radius 3 is 2.56 bits per heavy atom. The van der Waals surface area contributed by atoms with E-state index in [2.05, 4.69) is 13.0 Å². The summed E-state index contributed by atoms with van der Waals surface area (Å²) in [5.41, 5.74) is -2.50. The van der Waals surface area contributed by atoms with Crippen molar-refractivity contribution < 1.29 is 39.1 Å². The van der Waals surface area contributed by atoms with Crippen LogP contribution in [0.3, 0.4) is 0 Å². The highest BCUT2D eigenvalue weighted by molar-refractivity contribution is 5.85. The monoisotopic (exact) mass is 545 g/mol. The van der Waals surface area contributed by atoms with Crippen molar-refractivity contribution in [3.8, 4) is 6.07 Å². The molecular weight excluding hydrogens is 502 g/mol. The van der Waals surface area contributed by atoms with Gasteiger partial charge in [-0.3, -0.25) is 0 Å². The molecule has 39 heavy (non-hydrogen) atoms. The Morgan fingerprint density at radius 1 is 1.10 bits per heavy atom. The number of carbonyl (C=O) groups excluding carboxylic acids is 1. The summed E-state index contributed by atoms with van der Waals surface area (Å²) in [6.45, 7) is 4.26. The summed E-state index contributed by atoms with van der Waals surface area (Å²) in [4.78, 5) is 11.8. The molecule has 8 unspecified atom stereocenters. The number of fused-ring (bicyclic) bond motifs is 5. The van der Waals surface area contributed by atoms with Gasteiger partial charge >= 0.3 is 5.97 Å². The number of hydrogen-bond donors (Lipinski definition) is 3. The van der Waals surface area contributed by atoms with E-state index < -0.39 is 40.5 Å². The van der Waals surface area contributed by atoms with E-state index in [9.17, 15) is 25.4 Å². The van der Waals surface area contributed by atoms with Gasteiger partial charge in [-0.25, -0.2) is 4.79 Å². The molecule has 216 valence electrons. The molecule has 0 aromatic heterocycles. The van der Waals surface area contributed by atoms with Crippen molar-refractivity contribution >= 4 is 5.97 Å². The molecule has 12 atom stereocenters. The average Bonchev–Trinajstić information content (AvgIpc) is 3.45.